The minimum atomic E-state index is -0.0132. The monoisotopic (exact) mass is 433 g/mol. The Hall–Kier alpha value is -2.53. The first-order valence-electron chi connectivity index (χ1n) is 12.4. The molecule has 2 fully saturated rings. The number of hydrogen-bond donors (Lipinski definition) is 1. The van der Waals surface area contributed by atoms with Crippen molar-refractivity contribution in [3.8, 4) is 5.75 Å². The normalized spacial score (nSPS) is 21.5. The van der Waals surface area contributed by atoms with E-state index < -0.39 is 0 Å². The average Bonchev–Trinajstić information content (AvgIpc) is 2.86. The number of amides is 1. The Balaban J connectivity index is 1.22. The van der Waals surface area contributed by atoms with Gasteiger partial charge in [-0.3, -0.25) is 9.69 Å². The minimum Gasteiger partial charge on any atom is -0.491 e. The van der Waals surface area contributed by atoms with Gasteiger partial charge >= 0.3 is 0 Å². The fourth-order valence-corrected chi connectivity index (χ4v) is 5.32. The van der Waals surface area contributed by atoms with Crippen LogP contribution in [0.1, 0.15) is 60.0 Å². The molecule has 1 N–H and O–H groups in total. The largest absolute Gasteiger partial charge is 0.491 e. The molecule has 170 valence electrons. The molecule has 2 aromatic carbocycles. The standard InChI is InChI=1S/C27H35N3O2/c31-27(21-10-12-24(13-11-21)30-16-5-2-6-17-30)28-23-18-25-22(8-7-9-26(25)32-20-23)19-29-14-3-1-4-15-29/h7-13,23H,1-6,14-20H2,(H,28,31). The van der Waals surface area contributed by atoms with Gasteiger partial charge in [0.2, 0.25) is 0 Å². The van der Waals surface area contributed by atoms with Gasteiger partial charge in [0, 0.05) is 36.4 Å². The SMILES string of the molecule is O=C(NC1COc2cccc(CN3CCCCC3)c2C1)c1ccc(N2CCCCC2)cc1. The van der Waals surface area contributed by atoms with E-state index in [-0.39, 0.29) is 11.9 Å². The van der Waals surface area contributed by atoms with E-state index in [1.165, 1.54) is 68.4 Å². The van der Waals surface area contributed by atoms with Crippen LogP contribution in [-0.4, -0.2) is 49.6 Å². The van der Waals surface area contributed by atoms with E-state index >= 15 is 0 Å². The molecule has 3 aliphatic heterocycles. The number of carbonyl (C=O) groups is 1. The van der Waals surface area contributed by atoms with E-state index in [4.69, 9.17) is 4.74 Å². The van der Waals surface area contributed by atoms with Crippen molar-refractivity contribution >= 4 is 11.6 Å². The molecule has 0 spiro atoms. The molecule has 0 aromatic heterocycles. The summed E-state index contributed by atoms with van der Waals surface area (Å²) >= 11 is 0. The first-order valence-corrected chi connectivity index (χ1v) is 12.4. The van der Waals surface area contributed by atoms with Crippen molar-refractivity contribution in [3.05, 3.63) is 59.2 Å². The number of nitrogens with zero attached hydrogens (tertiary/aromatic N) is 2. The smallest absolute Gasteiger partial charge is 0.251 e. The lowest BCUT2D eigenvalue weighted by molar-refractivity contribution is 0.0915. The fourth-order valence-electron chi connectivity index (χ4n) is 5.32. The van der Waals surface area contributed by atoms with Crippen LogP contribution in [0.3, 0.4) is 0 Å². The van der Waals surface area contributed by atoms with Crippen LogP contribution in [0.15, 0.2) is 42.5 Å². The summed E-state index contributed by atoms with van der Waals surface area (Å²) in [5.74, 6) is 0.969. The Bertz CT molecular complexity index is 915. The Morgan fingerprint density at radius 2 is 1.62 bits per heavy atom. The van der Waals surface area contributed by atoms with Crippen molar-refractivity contribution in [2.24, 2.45) is 0 Å². The van der Waals surface area contributed by atoms with E-state index in [9.17, 15) is 4.79 Å². The van der Waals surface area contributed by atoms with Gasteiger partial charge in [0.25, 0.3) is 5.91 Å². The van der Waals surface area contributed by atoms with Crippen LogP contribution < -0.4 is 15.0 Å². The molecule has 3 heterocycles. The molecule has 1 unspecified atom stereocenters. The number of fused-ring (bicyclic) bond motifs is 1. The van der Waals surface area contributed by atoms with Crippen molar-refractivity contribution in [1.82, 2.24) is 10.2 Å². The molecule has 5 nitrogen and oxygen atoms in total. The number of nitrogens with one attached hydrogen (secondary N) is 1. The zero-order valence-corrected chi connectivity index (χ0v) is 19.0. The molecule has 1 atom stereocenters. The van der Waals surface area contributed by atoms with Crippen LogP contribution in [0.2, 0.25) is 0 Å². The van der Waals surface area contributed by atoms with Gasteiger partial charge in [0.05, 0.1) is 6.04 Å². The molecule has 3 aliphatic rings. The van der Waals surface area contributed by atoms with E-state index in [0.717, 1.165) is 37.4 Å². The number of likely N-dealkylation sites (tertiary alicyclic amines) is 1. The maximum absolute atomic E-state index is 12.9. The number of carbonyl (C=O) groups excluding carboxylic acids is 1. The molecule has 5 heteroatoms. The second-order valence-corrected chi connectivity index (χ2v) is 9.51. The maximum Gasteiger partial charge on any atom is 0.251 e. The molecule has 2 saturated heterocycles. The lowest BCUT2D eigenvalue weighted by atomic mass is 9.96. The van der Waals surface area contributed by atoms with Crippen molar-refractivity contribution in [2.75, 3.05) is 37.7 Å². The Morgan fingerprint density at radius 1 is 0.906 bits per heavy atom. The fraction of sp³-hybridized carbons (Fsp3) is 0.519. The van der Waals surface area contributed by atoms with Gasteiger partial charge in [-0.2, -0.15) is 0 Å². The molecule has 2 aromatic rings. The minimum absolute atomic E-state index is 0.000670. The van der Waals surface area contributed by atoms with Crippen LogP contribution in [0.4, 0.5) is 5.69 Å². The van der Waals surface area contributed by atoms with E-state index in [2.05, 4.69) is 45.4 Å². The summed E-state index contributed by atoms with van der Waals surface area (Å²) < 4.78 is 6.06. The number of anilines is 1. The summed E-state index contributed by atoms with van der Waals surface area (Å²) in [6, 6.07) is 14.5. The lowest BCUT2D eigenvalue weighted by Gasteiger charge is -2.31. The van der Waals surface area contributed by atoms with Crippen LogP contribution in [0.5, 0.6) is 5.75 Å². The summed E-state index contributed by atoms with van der Waals surface area (Å²) in [6.45, 7) is 6.09. The molecule has 32 heavy (non-hydrogen) atoms. The number of rotatable bonds is 5. The van der Waals surface area contributed by atoms with Crippen molar-refractivity contribution in [3.63, 3.8) is 0 Å². The number of benzene rings is 2. The van der Waals surface area contributed by atoms with Crippen LogP contribution in [-0.2, 0) is 13.0 Å². The Morgan fingerprint density at radius 3 is 2.38 bits per heavy atom. The first kappa shape index (κ1) is 21.3. The first-order chi connectivity index (χ1) is 15.8. The second-order valence-electron chi connectivity index (χ2n) is 9.51. The molecule has 0 bridgehead atoms. The van der Waals surface area contributed by atoms with E-state index in [0.29, 0.717) is 6.61 Å². The summed E-state index contributed by atoms with van der Waals surface area (Å²) in [5, 5.41) is 3.21. The van der Waals surface area contributed by atoms with Gasteiger partial charge < -0.3 is 15.0 Å². The zero-order valence-electron chi connectivity index (χ0n) is 19.0. The average molecular weight is 434 g/mol. The lowest BCUT2D eigenvalue weighted by Crippen LogP contribution is -2.43. The quantitative estimate of drug-likeness (QED) is 0.759. The highest BCUT2D eigenvalue weighted by atomic mass is 16.5. The molecule has 5 rings (SSSR count). The summed E-state index contributed by atoms with van der Waals surface area (Å²) in [7, 11) is 0. The van der Waals surface area contributed by atoms with Gasteiger partial charge in [-0.05, 0) is 87.5 Å². The highest BCUT2D eigenvalue weighted by Gasteiger charge is 2.25. The Labute approximate surface area is 191 Å². The van der Waals surface area contributed by atoms with Crippen LogP contribution in [0.25, 0.3) is 0 Å². The molecule has 0 aliphatic carbocycles. The van der Waals surface area contributed by atoms with Gasteiger partial charge in [-0.25, -0.2) is 0 Å². The maximum atomic E-state index is 12.9. The summed E-state index contributed by atoms with van der Waals surface area (Å²) in [6.07, 6.45) is 8.59. The predicted molar refractivity (Wildman–Crippen MR) is 129 cm³/mol. The van der Waals surface area contributed by atoms with Crippen molar-refractivity contribution < 1.29 is 9.53 Å². The van der Waals surface area contributed by atoms with Crippen molar-refractivity contribution in [2.45, 2.75) is 57.5 Å². The summed E-state index contributed by atoms with van der Waals surface area (Å²) in [5.41, 5.74) is 4.54. The molecule has 0 radical (unpaired) electrons. The van der Waals surface area contributed by atoms with E-state index in [1.807, 2.05) is 12.1 Å². The topological polar surface area (TPSA) is 44.8 Å². The number of piperidine rings is 2. The number of hydrogen-bond acceptors (Lipinski definition) is 4. The van der Waals surface area contributed by atoms with Crippen LogP contribution >= 0.6 is 0 Å². The van der Waals surface area contributed by atoms with E-state index in [1.54, 1.807) is 0 Å². The van der Waals surface area contributed by atoms with Crippen molar-refractivity contribution in [1.29, 1.82) is 0 Å². The molecular weight excluding hydrogens is 398 g/mol. The highest BCUT2D eigenvalue weighted by Crippen LogP contribution is 2.29. The molecular formula is C27H35N3O2. The van der Waals surface area contributed by atoms with Gasteiger partial charge in [0.1, 0.15) is 12.4 Å². The van der Waals surface area contributed by atoms with Gasteiger partial charge in [0.15, 0.2) is 0 Å². The van der Waals surface area contributed by atoms with Gasteiger partial charge in [-0.15, -0.1) is 0 Å². The summed E-state index contributed by atoms with van der Waals surface area (Å²) in [4.78, 5) is 17.9. The molecule has 1 amide bonds. The predicted octanol–water partition coefficient (Wildman–Crippen LogP) is 4.40. The third-order valence-corrected chi connectivity index (χ3v) is 7.15. The van der Waals surface area contributed by atoms with Gasteiger partial charge in [-0.1, -0.05) is 18.6 Å². The third-order valence-electron chi connectivity index (χ3n) is 7.15. The second kappa shape index (κ2) is 9.95. The number of ether oxygens (including phenoxy) is 1. The van der Waals surface area contributed by atoms with Crippen LogP contribution in [0, 0.1) is 0 Å². The molecule has 0 saturated carbocycles. The third kappa shape index (κ3) is 4.93. The zero-order chi connectivity index (χ0) is 21.8. The highest BCUT2D eigenvalue weighted by molar-refractivity contribution is 5.94. The Kier molecular flexibility index (Phi) is 6.63.